The third-order valence-electron chi connectivity index (χ3n) is 8.72. The molecule has 0 saturated carbocycles. The molecule has 14 heteroatoms. The van der Waals surface area contributed by atoms with Gasteiger partial charge in [0.15, 0.2) is 0 Å². The van der Waals surface area contributed by atoms with Gasteiger partial charge in [-0.05, 0) is 104 Å². The third kappa shape index (κ3) is 9.28. The maximum absolute atomic E-state index is 13.7. The van der Waals surface area contributed by atoms with E-state index in [4.69, 9.17) is 17.3 Å². The Balaban J connectivity index is 1.29. The number of nitrogens with two attached hydrogens (primary N) is 1. The maximum Gasteiger partial charge on any atom is 0.573 e. The highest BCUT2D eigenvalue weighted by atomic mass is 35.5. The lowest BCUT2D eigenvalue weighted by atomic mass is 9.85. The van der Waals surface area contributed by atoms with Gasteiger partial charge in [0.25, 0.3) is 0 Å². The molecule has 49 heavy (non-hydrogen) atoms. The molecule has 1 fully saturated rings. The van der Waals surface area contributed by atoms with Crippen molar-refractivity contribution in [3.8, 4) is 5.75 Å². The van der Waals surface area contributed by atoms with Crippen molar-refractivity contribution in [2.75, 3.05) is 13.1 Å². The number of rotatable bonds is 12. The third-order valence-corrected chi connectivity index (χ3v) is 11.0. The summed E-state index contributed by atoms with van der Waals surface area (Å²) in [6.45, 7) is 2.55. The summed E-state index contributed by atoms with van der Waals surface area (Å²) >= 11 is 6.10. The second kappa shape index (κ2) is 15.4. The summed E-state index contributed by atoms with van der Waals surface area (Å²) in [5.74, 6) is -1.73. The Morgan fingerprint density at radius 3 is 2.39 bits per heavy atom. The van der Waals surface area contributed by atoms with Crippen LogP contribution in [0.2, 0.25) is 5.02 Å². The maximum atomic E-state index is 13.7. The Morgan fingerprint density at radius 1 is 1.06 bits per heavy atom. The van der Waals surface area contributed by atoms with Crippen molar-refractivity contribution in [3.05, 3.63) is 118 Å². The molecule has 0 aromatic heterocycles. The standard InChI is InChI=1S/C35H37ClF4N4O4S/c1-22-20-42-21-28(44(22)49(46,47)30-17-15-29(16-18-30)48-35(38,39)40)14-9-25-3-2-4-32(25)43-34(45)33(41)31(24-7-10-26(36)11-8-24)19-23-5-12-27(37)13-6-23/h2,4-8,10-13,15-18,22,28,31,33,42H,3,9,14,19-21,41H2,1H3,(H,43,45)/t22-,28-,31-,33-/m0/s1. The topological polar surface area (TPSA) is 114 Å². The normalized spacial score (nSPS) is 19.9. The molecule has 1 aliphatic heterocycles. The molecule has 3 aromatic rings. The first-order valence-electron chi connectivity index (χ1n) is 15.8. The Kier molecular flexibility index (Phi) is 11.5. The zero-order valence-corrected chi connectivity index (χ0v) is 28.2. The predicted octanol–water partition coefficient (Wildman–Crippen LogP) is 6.19. The Bertz CT molecular complexity index is 1780. The Morgan fingerprint density at radius 2 is 1.73 bits per heavy atom. The van der Waals surface area contributed by atoms with Crippen LogP contribution >= 0.6 is 11.6 Å². The molecule has 4 atom stereocenters. The number of carbonyl (C=O) groups is 1. The van der Waals surface area contributed by atoms with E-state index in [0.717, 1.165) is 41.0 Å². The quantitative estimate of drug-likeness (QED) is 0.192. The predicted molar refractivity (Wildman–Crippen MR) is 179 cm³/mol. The van der Waals surface area contributed by atoms with E-state index in [2.05, 4.69) is 15.4 Å². The van der Waals surface area contributed by atoms with Gasteiger partial charge < -0.3 is 21.1 Å². The average Bonchev–Trinajstić information content (AvgIpc) is 3.49. The fraction of sp³-hybridized carbons (Fsp3) is 0.343. The summed E-state index contributed by atoms with van der Waals surface area (Å²) < 4.78 is 84.2. The van der Waals surface area contributed by atoms with Crippen molar-refractivity contribution in [1.82, 2.24) is 14.9 Å². The van der Waals surface area contributed by atoms with Crippen LogP contribution in [-0.4, -0.2) is 56.2 Å². The van der Waals surface area contributed by atoms with E-state index < -0.39 is 52.1 Å². The molecule has 1 amide bonds. The number of ether oxygens (including phenoxy) is 1. The molecule has 0 bridgehead atoms. The fourth-order valence-corrected chi connectivity index (χ4v) is 8.26. The SMILES string of the molecule is C[C@H]1CNC[C@H](CCC2=C(NC(=O)[C@@H](N)[C@@H](Cc3ccc(F)cc3)c3ccc(Cl)cc3)C=CC2)N1S(=O)(=O)c1ccc(OC(F)(F)F)cc1. The van der Waals surface area contributed by atoms with Crippen LogP contribution in [0, 0.1) is 5.82 Å². The molecular weight excluding hydrogens is 684 g/mol. The molecule has 1 heterocycles. The van der Waals surface area contributed by atoms with Gasteiger partial charge in [-0.15, -0.1) is 13.2 Å². The van der Waals surface area contributed by atoms with Crippen molar-refractivity contribution >= 4 is 27.5 Å². The number of benzene rings is 3. The number of amides is 1. The number of halogens is 5. The Hall–Kier alpha value is -3.75. The average molecular weight is 721 g/mol. The van der Waals surface area contributed by atoms with Crippen LogP contribution in [0.1, 0.15) is 43.2 Å². The van der Waals surface area contributed by atoms with E-state index in [1.165, 1.54) is 16.4 Å². The number of allylic oxidation sites excluding steroid dienone is 3. The lowest BCUT2D eigenvalue weighted by Crippen LogP contribution is -2.58. The summed E-state index contributed by atoms with van der Waals surface area (Å²) in [5.41, 5.74) is 9.71. The molecule has 2 aliphatic rings. The number of alkyl halides is 3. The van der Waals surface area contributed by atoms with Crippen molar-refractivity contribution in [2.24, 2.45) is 5.73 Å². The molecule has 0 spiro atoms. The van der Waals surface area contributed by atoms with E-state index in [1.54, 1.807) is 37.3 Å². The minimum Gasteiger partial charge on any atom is -0.406 e. The summed E-state index contributed by atoms with van der Waals surface area (Å²) in [4.78, 5) is 13.5. The lowest BCUT2D eigenvalue weighted by molar-refractivity contribution is -0.274. The molecular formula is C35H37ClF4N4O4S. The molecule has 8 nitrogen and oxygen atoms in total. The molecule has 4 N–H and O–H groups in total. The zero-order chi connectivity index (χ0) is 35.3. The van der Waals surface area contributed by atoms with Crippen molar-refractivity contribution in [2.45, 2.75) is 67.9 Å². The van der Waals surface area contributed by atoms with Crippen LogP contribution in [0.4, 0.5) is 17.6 Å². The van der Waals surface area contributed by atoms with E-state index in [1.807, 2.05) is 18.2 Å². The summed E-state index contributed by atoms with van der Waals surface area (Å²) in [5, 5.41) is 6.77. The number of nitrogens with zero attached hydrogens (tertiary/aromatic N) is 1. The summed E-state index contributed by atoms with van der Waals surface area (Å²) in [7, 11) is -4.07. The highest BCUT2D eigenvalue weighted by molar-refractivity contribution is 7.89. The molecule has 262 valence electrons. The number of carbonyl (C=O) groups excluding carboxylic acids is 1. The Labute approximate surface area is 288 Å². The van der Waals surface area contributed by atoms with Gasteiger partial charge in [0.2, 0.25) is 15.9 Å². The van der Waals surface area contributed by atoms with Crippen molar-refractivity contribution in [1.29, 1.82) is 0 Å². The van der Waals surface area contributed by atoms with Gasteiger partial charge in [-0.3, -0.25) is 4.79 Å². The second-order valence-electron chi connectivity index (χ2n) is 12.2. The number of hydrogen-bond acceptors (Lipinski definition) is 6. The van der Waals surface area contributed by atoms with Crippen LogP contribution in [0.25, 0.3) is 0 Å². The smallest absolute Gasteiger partial charge is 0.406 e. The summed E-state index contributed by atoms with van der Waals surface area (Å²) in [6, 6.07) is 15.4. The second-order valence-corrected chi connectivity index (χ2v) is 14.5. The van der Waals surface area contributed by atoms with E-state index in [9.17, 15) is 30.8 Å². The number of nitrogens with one attached hydrogen (secondary N) is 2. The van der Waals surface area contributed by atoms with Crippen molar-refractivity contribution < 1.29 is 35.5 Å². The molecule has 0 radical (unpaired) electrons. The molecule has 1 aliphatic carbocycles. The van der Waals surface area contributed by atoms with Gasteiger partial charge in [-0.2, -0.15) is 4.31 Å². The number of sulfonamides is 1. The molecule has 3 aromatic carbocycles. The first-order chi connectivity index (χ1) is 23.2. The van der Waals surface area contributed by atoms with Crippen molar-refractivity contribution in [3.63, 3.8) is 0 Å². The van der Waals surface area contributed by atoms with Gasteiger partial charge in [0, 0.05) is 41.8 Å². The minimum atomic E-state index is -4.89. The van der Waals surface area contributed by atoms with Crippen LogP contribution in [0.3, 0.4) is 0 Å². The fourth-order valence-electron chi connectivity index (χ4n) is 6.29. The number of hydrogen-bond donors (Lipinski definition) is 3. The first-order valence-corrected chi connectivity index (χ1v) is 17.6. The van der Waals surface area contributed by atoms with Gasteiger partial charge >= 0.3 is 6.36 Å². The minimum absolute atomic E-state index is 0.139. The van der Waals surface area contributed by atoms with Gasteiger partial charge in [-0.1, -0.05) is 41.9 Å². The molecule has 0 unspecified atom stereocenters. The monoisotopic (exact) mass is 720 g/mol. The zero-order valence-electron chi connectivity index (χ0n) is 26.6. The van der Waals surface area contributed by atoms with Gasteiger partial charge in [0.1, 0.15) is 11.6 Å². The largest absolute Gasteiger partial charge is 0.573 e. The molecule has 1 saturated heterocycles. The highest BCUT2D eigenvalue weighted by Gasteiger charge is 2.38. The van der Waals surface area contributed by atoms with Crippen LogP contribution in [0.15, 0.2) is 101 Å². The van der Waals surface area contributed by atoms with Crippen LogP contribution < -0.4 is 21.1 Å². The lowest BCUT2D eigenvalue weighted by Gasteiger charge is -2.40. The summed E-state index contributed by atoms with van der Waals surface area (Å²) in [6.07, 6.45) is 0.653. The molecule has 5 rings (SSSR count). The van der Waals surface area contributed by atoms with Gasteiger partial charge in [-0.25, -0.2) is 12.8 Å². The first kappa shape index (κ1) is 36.5. The van der Waals surface area contributed by atoms with Crippen LogP contribution in [-0.2, 0) is 21.2 Å². The van der Waals surface area contributed by atoms with Gasteiger partial charge in [0.05, 0.1) is 10.9 Å². The van der Waals surface area contributed by atoms with E-state index in [-0.39, 0.29) is 10.7 Å². The highest BCUT2D eigenvalue weighted by Crippen LogP contribution is 2.31. The van der Waals surface area contributed by atoms with E-state index in [0.29, 0.717) is 49.5 Å². The number of piperazine rings is 1. The van der Waals surface area contributed by atoms with E-state index >= 15 is 0 Å². The van der Waals surface area contributed by atoms with Crippen LogP contribution in [0.5, 0.6) is 5.75 Å².